The van der Waals surface area contributed by atoms with Gasteiger partial charge in [-0.05, 0) is 24.3 Å². The predicted molar refractivity (Wildman–Crippen MR) is 106 cm³/mol. The van der Waals surface area contributed by atoms with Gasteiger partial charge in [0.2, 0.25) is 0 Å². The highest BCUT2D eigenvalue weighted by molar-refractivity contribution is 6.39. The molecule has 0 aliphatic carbocycles. The van der Waals surface area contributed by atoms with Crippen LogP contribution in [-0.2, 0) is 20.7 Å². The minimum absolute atomic E-state index is 0.130. The summed E-state index contributed by atoms with van der Waals surface area (Å²) in [5, 5.41) is 4.20. The van der Waals surface area contributed by atoms with Gasteiger partial charge in [0.1, 0.15) is 0 Å². The van der Waals surface area contributed by atoms with Gasteiger partial charge in [0.05, 0.1) is 27.7 Å². The Hall–Kier alpha value is -2.63. The molecule has 3 rings (SSSR count). The summed E-state index contributed by atoms with van der Waals surface area (Å²) in [4.78, 5) is 28.3. The van der Waals surface area contributed by atoms with Crippen LogP contribution < -0.4 is 5.32 Å². The maximum atomic E-state index is 11.9. The third kappa shape index (κ3) is 5.18. The Morgan fingerprint density at radius 2 is 1.70 bits per heavy atom. The molecule has 5 nitrogen and oxygen atoms in total. The Bertz CT molecular complexity index is 972. The van der Waals surface area contributed by atoms with E-state index in [0.717, 1.165) is 16.6 Å². The van der Waals surface area contributed by atoms with Gasteiger partial charge in [-0.25, -0.2) is 0 Å². The maximum absolute atomic E-state index is 11.9. The van der Waals surface area contributed by atoms with Crippen molar-refractivity contribution in [3.8, 4) is 0 Å². The van der Waals surface area contributed by atoms with Crippen molar-refractivity contribution in [2.75, 3.05) is 11.9 Å². The summed E-state index contributed by atoms with van der Waals surface area (Å²) in [5.41, 5.74) is 1.96. The molecule has 0 bridgehead atoms. The molecule has 0 radical (unpaired) electrons. The molecule has 1 N–H and O–H groups in total. The number of esters is 1. The second-order valence-electron chi connectivity index (χ2n) is 5.80. The molecule has 0 saturated carbocycles. The predicted octanol–water partition coefficient (Wildman–Crippen LogP) is 4.66. The number of amides is 1. The summed E-state index contributed by atoms with van der Waals surface area (Å²) in [6.07, 6.45) is 0.563. The molecule has 0 atom stereocenters. The SMILES string of the molecule is O=C(COC(=O)CCc1ccc2ccccc2n1)Nc1c(Cl)cccc1Cl. The van der Waals surface area contributed by atoms with Gasteiger partial charge in [0.15, 0.2) is 6.61 Å². The topological polar surface area (TPSA) is 68.3 Å². The molecular formula is C20H16Cl2N2O3. The minimum atomic E-state index is -0.512. The Kier molecular flexibility index (Phi) is 6.27. The lowest BCUT2D eigenvalue weighted by molar-refractivity contribution is -0.147. The van der Waals surface area contributed by atoms with E-state index in [2.05, 4.69) is 10.3 Å². The molecule has 1 heterocycles. The van der Waals surface area contributed by atoms with E-state index in [4.69, 9.17) is 27.9 Å². The standard InChI is InChI=1S/C20H16Cl2N2O3/c21-15-5-3-6-16(22)20(15)24-18(25)12-27-19(26)11-10-14-9-8-13-4-1-2-7-17(13)23-14/h1-9H,10-12H2,(H,24,25). The van der Waals surface area contributed by atoms with Gasteiger partial charge in [0.25, 0.3) is 5.91 Å². The van der Waals surface area contributed by atoms with Crippen LogP contribution in [0.5, 0.6) is 0 Å². The van der Waals surface area contributed by atoms with E-state index in [9.17, 15) is 9.59 Å². The lowest BCUT2D eigenvalue weighted by Gasteiger charge is -2.09. The Balaban J connectivity index is 1.48. The van der Waals surface area contributed by atoms with E-state index in [-0.39, 0.29) is 6.42 Å². The van der Waals surface area contributed by atoms with E-state index in [1.807, 2.05) is 36.4 Å². The minimum Gasteiger partial charge on any atom is -0.456 e. The molecule has 0 unspecified atom stereocenters. The number of benzene rings is 2. The van der Waals surface area contributed by atoms with Crippen molar-refractivity contribution in [3.63, 3.8) is 0 Å². The average molecular weight is 403 g/mol. The number of carbonyl (C=O) groups excluding carboxylic acids is 2. The second kappa shape index (κ2) is 8.84. The number of fused-ring (bicyclic) bond motifs is 1. The van der Waals surface area contributed by atoms with Gasteiger partial charge in [-0.3, -0.25) is 14.6 Å². The number of nitrogens with zero attached hydrogens (tertiary/aromatic N) is 1. The van der Waals surface area contributed by atoms with Crippen LogP contribution in [0.3, 0.4) is 0 Å². The van der Waals surface area contributed by atoms with Crippen LogP contribution in [0.1, 0.15) is 12.1 Å². The summed E-state index contributed by atoms with van der Waals surface area (Å²) in [7, 11) is 0. The van der Waals surface area contributed by atoms with Crippen LogP contribution in [0.2, 0.25) is 10.0 Å². The Morgan fingerprint density at radius 3 is 2.48 bits per heavy atom. The summed E-state index contributed by atoms with van der Waals surface area (Å²) in [6.45, 7) is -0.411. The number of pyridine rings is 1. The number of carbonyl (C=O) groups is 2. The number of hydrogen-bond acceptors (Lipinski definition) is 4. The van der Waals surface area contributed by atoms with Crippen molar-refractivity contribution in [2.45, 2.75) is 12.8 Å². The number of aryl methyl sites for hydroxylation is 1. The first-order valence-electron chi connectivity index (χ1n) is 8.27. The van der Waals surface area contributed by atoms with Gasteiger partial charge in [0, 0.05) is 17.5 Å². The molecule has 1 aromatic heterocycles. The molecule has 3 aromatic rings. The molecule has 1 amide bonds. The lowest BCUT2D eigenvalue weighted by Crippen LogP contribution is -2.21. The first-order chi connectivity index (χ1) is 13.0. The zero-order valence-corrected chi connectivity index (χ0v) is 15.8. The smallest absolute Gasteiger partial charge is 0.306 e. The van der Waals surface area contributed by atoms with Gasteiger partial charge in [-0.15, -0.1) is 0 Å². The number of rotatable bonds is 6. The van der Waals surface area contributed by atoms with Crippen molar-refractivity contribution in [1.82, 2.24) is 4.98 Å². The monoisotopic (exact) mass is 402 g/mol. The van der Waals surface area contributed by atoms with E-state index in [1.165, 1.54) is 0 Å². The van der Waals surface area contributed by atoms with Crippen LogP contribution in [0.15, 0.2) is 54.6 Å². The average Bonchev–Trinajstić information content (AvgIpc) is 2.67. The molecule has 138 valence electrons. The van der Waals surface area contributed by atoms with Crippen molar-refractivity contribution >= 4 is 51.7 Å². The fraction of sp³-hybridized carbons (Fsp3) is 0.150. The van der Waals surface area contributed by atoms with Crippen molar-refractivity contribution in [2.24, 2.45) is 0 Å². The number of nitrogens with one attached hydrogen (secondary N) is 1. The zero-order valence-electron chi connectivity index (χ0n) is 14.2. The molecule has 0 spiro atoms. The third-order valence-corrected chi connectivity index (χ3v) is 4.46. The van der Waals surface area contributed by atoms with Gasteiger partial charge >= 0.3 is 5.97 Å². The van der Waals surface area contributed by atoms with E-state index in [1.54, 1.807) is 18.2 Å². The quantitative estimate of drug-likeness (QED) is 0.608. The van der Waals surface area contributed by atoms with Crippen molar-refractivity contribution in [3.05, 3.63) is 70.3 Å². The highest BCUT2D eigenvalue weighted by Gasteiger charge is 2.12. The first kappa shape index (κ1) is 19.1. The molecule has 27 heavy (non-hydrogen) atoms. The fourth-order valence-corrected chi connectivity index (χ4v) is 2.98. The number of hydrogen-bond donors (Lipinski definition) is 1. The summed E-state index contributed by atoms with van der Waals surface area (Å²) in [5.74, 6) is -0.993. The number of anilines is 1. The lowest BCUT2D eigenvalue weighted by atomic mass is 10.1. The van der Waals surface area contributed by atoms with Crippen LogP contribution in [0.25, 0.3) is 10.9 Å². The summed E-state index contributed by atoms with van der Waals surface area (Å²) in [6, 6.07) is 16.5. The molecule has 7 heteroatoms. The fourth-order valence-electron chi connectivity index (χ4n) is 2.49. The third-order valence-electron chi connectivity index (χ3n) is 3.83. The van der Waals surface area contributed by atoms with Crippen LogP contribution in [-0.4, -0.2) is 23.5 Å². The molecule has 0 fully saturated rings. The normalized spacial score (nSPS) is 10.6. The largest absolute Gasteiger partial charge is 0.456 e. The van der Waals surface area contributed by atoms with Crippen molar-refractivity contribution in [1.29, 1.82) is 0 Å². The van der Waals surface area contributed by atoms with E-state index >= 15 is 0 Å². The van der Waals surface area contributed by atoms with Gasteiger partial charge < -0.3 is 10.1 Å². The molecule has 0 saturated heterocycles. The van der Waals surface area contributed by atoms with Crippen LogP contribution in [0, 0.1) is 0 Å². The summed E-state index contributed by atoms with van der Waals surface area (Å²) >= 11 is 12.0. The highest BCUT2D eigenvalue weighted by atomic mass is 35.5. The number of halogens is 2. The molecule has 0 aliphatic rings. The maximum Gasteiger partial charge on any atom is 0.306 e. The van der Waals surface area contributed by atoms with E-state index < -0.39 is 18.5 Å². The van der Waals surface area contributed by atoms with Gasteiger partial charge in [-0.1, -0.05) is 53.5 Å². The van der Waals surface area contributed by atoms with E-state index in [0.29, 0.717) is 22.2 Å². The number of para-hydroxylation sites is 2. The Labute approximate surface area is 166 Å². The second-order valence-corrected chi connectivity index (χ2v) is 6.62. The highest BCUT2D eigenvalue weighted by Crippen LogP contribution is 2.29. The summed E-state index contributed by atoms with van der Waals surface area (Å²) < 4.78 is 5.00. The van der Waals surface area contributed by atoms with Gasteiger partial charge in [-0.2, -0.15) is 0 Å². The van der Waals surface area contributed by atoms with Crippen LogP contribution in [0.4, 0.5) is 5.69 Å². The van der Waals surface area contributed by atoms with Crippen LogP contribution >= 0.6 is 23.2 Å². The number of ether oxygens (including phenoxy) is 1. The first-order valence-corrected chi connectivity index (χ1v) is 9.02. The molecule has 2 aromatic carbocycles. The molecule has 0 aliphatic heterocycles. The molecular weight excluding hydrogens is 387 g/mol. The Morgan fingerprint density at radius 1 is 0.963 bits per heavy atom. The van der Waals surface area contributed by atoms with Crippen molar-refractivity contribution < 1.29 is 14.3 Å². The zero-order chi connectivity index (χ0) is 19.2. The number of aromatic nitrogens is 1.